The molecule has 1 unspecified atom stereocenters. The van der Waals surface area contributed by atoms with Crippen molar-refractivity contribution in [2.24, 2.45) is 0 Å². The predicted molar refractivity (Wildman–Crippen MR) is 74.5 cm³/mol. The Morgan fingerprint density at radius 1 is 1.30 bits per heavy atom. The van der Waals surface area contributed by atoms with Gasteiger partial charge in [-0.1, -0.05) is 0 Å². The van der Waals surface area contributed by atoms with E-state index in [0.717, 1.165) is 6.26 Å². The smallest absolute Gasteiger partial charge is 0.329 e. The number of hydrogen-bond donors (Lipinski definition) is 1. The highest BCUT2D eigenvalue weighted by molar-refractivity contribution is 7.90. The monoisotopic (exact) mass is 301 g/mol. The number of benzene rings is 1. The van der Waals surface area contributed by atoms with E-state index in [0.29, 0.717) is 5.75 Å². The van der Waals surface area contributed by atoms with Crippen LogP contribution in [-0.4, -0.2) is 46.9 Å². The lowest BCUT2D eigenvalue weighted by atomic mass is 10.1. The molecule has 1 aromatic rings. The van der Waals surface area contributed by atoms with Gasteiger partial charge < -0.3 is 14.8 Å². The van der Waals surface area contributed by atoms with Crippen LogP contribution in [0.2, 0.25) is 0 Å². The Bertz CT molecular complexity index is 567. The van der Waals surface area contributed by atoms with E-state index in [2.05, 4.69) is 5.32 Å². The largest absolute Gasteiger partial charge is 0.491 e. The van der Waals surface area contributed by atoms with Crippen LogP contribution in [-0.2, 0) is 19.4 Å². The number of likely N-dealkylation sites (N-methyl/N-ethyl adjacent to an activating group) is 1. The fourth-order valence-electron chi connectivity index (χ4n) is 1.47. The van der Waals surface area contributed by atoms with E-state index in [4.69, 9.17) is 9.47 Å². The summed E-state index contributed by atoms with van der Waals surface area (Å²) in [5.74, 6) is 0.0375. The summed E-state index contributed by atoms with van der Waals surface area (Å²) in [5.41, 5.74) is -0.968. The van der Waals surface area contributed by atoms with Crippen LogP contribution in [0.25, 0.3) is 0 Å². The number of methoxy groups -OCH3 is 1. The second-order valence-corrected chi connectivity index (χ2v) is 6.62. The Kier molecular flexibility index (Phi) is 5.13. The topological polar surface area (TPSA) is 81.7 Å². The number of carbonyl (C=O) groups excluding carboxylic acids is 1. The van der Waals surface area contributed by atoms with Crippen LogP contribution in [0.15, 0.2) is 29.2 Å². The van der Waals surface area contributed by atoms with Gasteiger partial charge in [-0.05, 0) is 38.2 Å². The highest BCUT2D eigenvalue weighted by Gasteiger charge is 2.33. The van der Waals surface area contributed by atoms with Crippen molar-refractivity contribution < 1.29 is 22.7 Å². The fraction of sp³-hybridized carbons (Fsp3) is 0.462. The maximum Gasteiger partial charge on any atom is 0.329 e. The minimum absolute atomic E-state index is 0.0639. The van der Waals surface area contributed by atoms with E-state index in [-0.39, 0.29) is 11.5 Å². The zero-order valence-corrected chi connectivity index (χ0v) is 12.8. The summed E-state index contributed by atoms with van der Waals surface area (Å²) in [4.78, 5) is 11.8. The standard InChI is InChI=1S/C13H19NO5S/c1-13(14-2,12(15)18-3)9-19-10-5-7-11(8-6-10)20(4,16)17/h5-8,14H,9H2,1-4H3. The van der Waals surface area contributed by atoms with Gasteiger partial charge in [0.05, 0.1) is 12.0 Å². The summed E-state index contributed by atoms with van der Waals surface area (Å²) >= 11 is 0. The quantitative estimate of drug-likeness (QED) is 0.776. The van der Waals surface area contributed by atoms with Crippen molar-refractivity contribution in [2.75, 3.05) is 27.0 Å². The van der Waals surface area contributed by atoms with Gasteiger partial charge in [0.1, 0.15) is 17.9 Å². The third-order valence-electron chi connectivity index (χ3n) is 2.97. The maximum absolute atomic E-state index is 11.6. The fourth-order valence-corrected chi connectivity index (χ4v) is 2.10. The molecule has 0 saturated carbocycles. The van der Waals surface area contributed by atoms with Crippen molar-refractivity contribution in [2.45, 2.75) is 17.4 Å². The first-order chi connectivity index (χ1) is 9.23. The van der Waals surface area contributed by atoms with Crippen molar-refractivity contribution in [1.82, 2.24) is 5.32 Å². The number of sulfone groups is 1. The molecule has 1 aromatic carbocycles. The molecule has 0 amide bonds. The first kappa shape index (κ1) is 16.5. The first-order valence-electron chi connectivity index (χ1n) is 5.93. The Labute approximate surface area is 119 Å². The second-order valence-electron chi connectivity index (χ2n) is 4.61. The summed E-state index contributed by atoms with van der Waals surface area (Å²) in [7, 11) is -0.291. The summed E-state index contributed by atoms with van der Waals surface area (Å²) in [6.07, 6.45) is 1.14. The Hall–Kier alpha value is -1.60. The average molecular weight is 301 g/mol. The molecule has 20 heavy (non-hydrogen) atoms. The highest BCUT2D eigenvalue weighted by atomic mass is 32.2. The minimum Gasteiger partial charge on any atom is -0.491 e. The molecule has 0 aliphatic carbocycles. The first-order valence-corrected chi connectivity index (χ1v) is 7.82. The van der Waals surface area contributed by atoms with Gasteiger partial charge in [0, 0.05) is 6.26 Å². The van der Waals surface area contributed by atoms with Crippen LogP contribution >= 0.6 is 0 Å². The molecule has 1 rings (SSSR count). The predicted octanol–water partition coefficient (Wildman–Crippen LogP) is 0.620. The van der Waals surface area contributed by atoms with E-state index >= 15 is 0 Å². The van der Waals surface area contributed by atoms with Gasteiger partial charge >= 0.3 is 5.97 Å². The number of nitrogens with one attached hydrogen (secondary N) is 1. The number of rotatable bonds is 6. The zero-order chi connectivity index (χ0) is 15.4. The average Bonchev–Trinajstić information content (AvgIpc) is 2.43. The molecule has 1 N–H and O–H groups in total. The summed E-state index contributed by atoms with van der Waals surface area (Å²) in [6, 6.07) is 6.01. The van der Waals surface area contributed by atoms with Gasteiger partial charge in [0.25, 0.3) is 0 Å². The summed E-state index contributed by atoms with van der Waals surface area (Å²) in [5, 5.41) is 2.84. The van der Waals surface area contributed by atoms with Crippen molar-refractivity contribution >= 4 is 15.8 Å². The molecule has 0 aromatic heterocycles. The minimum atomic E-state index is -3.23. The van der Waals surface area contributed by atoms with Gasteiger partial charge in [-0.25, -0.2) is 13.2 Å². The normalized spacial score (nSPS) is 14.4. The Balaban J connectivity index is 2.78. The Morgan fingerprint density at radius 3 is 2.25 bits per heavy atom. The number of ether oxygens (including phenoxy) is 2. The van der Waals surface area contributed by atoms with Gasteiger partial charge in [-0.2, -0.15) is 0 Å². The van der Waals surface area contributed by atoms with Gasteiger partial charge in [0.15, 0.2) is 9.84 Å². The SMILES string of the molecule is CNC(C)(COc1ccc(S(C)(=O)=O)cc1)C(=O)OC. The lowest BCUT2D eigenvalue weighted by Crippen LogP contribution is -2.52. The molecular formula is C13H19NO5S. The summed E-state index contributed by atoms with van der Waals surface area (Å²) in [6.45, 7) is 1.72. The van der Waals surface area contributed by atoms with Crippen LogP contribution in [0.1, 0.15) is 6.92 Å². The molecule has 1 atom stereocenters. The van der Waals surface area contributed by atoms with Gasteiger partial charge in [0.2, 0.25) is 0 Å². The third-order valence-corrected chi connectivity index (χ3v) is 4.10. The number of carbonyl (C=O) groups is 1. The highest BCUT2D eigenvalue weighted by Crippen LogP contribution is 2.17. The molecule has 112 valence electrons. The van der Waals surface area contributed by atoms with E-state index in [1.807, 2.05) is 0 Å². The molecule has 0 aliphatic heterocycles. The van der Waals surface area contributed by atoms with E-state index in [9.17, 15) is 13.2 Å². The van der Waals surface area contributed by atoms with Crippen LogP contribution in [0.5, 0.6) is 5.75 Å². The molecule has 6 nitrogen and oxygen atoms in total. The van der Waals surface area contributed by atoms with Crippen molar-refractivity contribution in [1.29, 1.82) is 0 Å². The molecule has 0 radical (unpaired) electrons. The molecule has 0 aliphatic rings. The summed E-state index contributed by atoms with van der Waals surface area (Å²) < 4.78 is 32.8. The number of hydrogen-bond acceptors (Lipinski definition) is 6. The second kappa shape index (κ2) is 6.23. The Morgan fingerprint density at radius 2 is 1.85 bits per heavy atom. The van der Waals surface area contributed by atoms with Gasteiger partial charge in [-0.3, -0.25) is 0 Å². The molecule has 7 heteroatoms. The molecule has 0 bridgehead atoms. The van der Waals surface area contributed by atoms with Crippen LogP contribution in [0.4, 0.5) is 0 Å². The van der Waals surface area contributed by atoms with E-state index in [1.165, 1.54) is 19.2 Å². The lowest BCUT2D eigenvalue weighted by molar-refractivity contribution is -0.148. The molecule has 0 saturated heterocycles. The van der Waals surface area contributed by atoms with Crippen molar-refractivity contribution in [3.05, 3.63) is 24.3 Å². The number of esters is 1. The molecule has 0 fully saturated rings. The van der Waals surface area contributed by atoms with E-state index in [1.54, 1.807) is 26.1 Å². The van der Waals surface area contributed by atoms with Gasteiger partial charge in [-0.15, -0.1) is 0 Å². The van der Waals surface area contributed by atoms with Crippen molar-refractivity contribution in [3.8, 4) is 5.75 Å². The van der Waals surface area contributed by atoms with Crippen LogP contribution in [0.3, 0.4) is 0 Å². The molecule has 0 spiro atoms. The third kappa shape index (κ3) is 3.94. The lowest BCUT2D eigenvalue weighted by Gasteiger charge is -2.25. The zero-order valence-electron chi connectivity index (χ0n) is 12.0. The van der Waals surface area contributed by atoms with Crippen molar-refractivity contribution in [3.63, 3.8) is 0 Å². The molecule has 0 heterocycles. The van der Waals surface area contributed by atoms with Crippen LogP contribution in [0, 0.1) is 0 Å². The van der Waals surface area contributed by atoms with Crippen LogP contribution < -0.4 is 10.1 Å². The molecular weight excluding hydrogens is 282 g/mol. The van der Waals surface area contributed by atoms with E-state index < -0.39 is 21.3 Å². The maximum atomic E-state index is 11.6.